The van der Waals surface area contributed by atoms with Crippen molar-refractivity contribution in [3.8, 4) is 0 Å². The number of aromatic amines is 1. The number of H-pyrrole nitrogens is 1. The molecule has 0 aliphatic rings. The summed E-state index contributed by atoms with van der Waals surface area (Å²) < 4.78 is 2.89. The standard InChI is InChI=1S/C13H22N6O3/c1-8(20)7-19-9-10(18(4)13(22)16-11(9)21)15-12(19)14-5-6-17(2)3/h8,20H,5-7H2,1-4H3,(H,14,15)(H,16,21,22)/t8-/m0/s1. The van der Waals surface area contributed by atoms with Gasteiger partial charge < -0.3 is 19.9 Å². The van der Waals surface area contributed by atoms with E-state index < -0.39 is 17.4 Å². The molecule has 0 aromatic carbocycles. The molecule has 9 heteroatoms. The van der Waals surface area contributed by atoms with Crippen LogP contribution in [0.3, 0.4) is 0 Å². The van der Waals surface area contributed by atoms with Crippen molar-refractivity contribution in [2.24, 2.45) is 7.05 Å². The maximum Gasteiger partial charge on any atom is 0.329 e. The molecule has 1 atom stereocenters. The number of likely N-dealkylation sites (N-methyl/N-ethyl adjacent to an activating group) is 1. The first-order valence-electron chi connectivity index (χ1n) is 7.07. The lowest BCUT2D eigenvalue weighted by atomic mass is 10.4. The monoisotopic (exact) mass is 310 g/mol. The lowest BCUT2D eigenvalue weighted by Crippen LogP contribution is -2.30. The maximum atomic E-state index is 12.1. The molecule has 2 heterocycles. The van der Waals surface area contributed by atoms with Crippen molar-refractivity contribution in [3.63, 3.8) is 0 Å². The predicted molar refractivity (Wildman–Crippen MR) is 84.3 cm³/mol. The Morgan fingerprint density at radius 1 is 1.41 bits per heavy atom. The third kappa shape index (κ3) is 3.20. The Morgan fingerprint density at radius 3 is 2.68 bits per heavy atom. The molecule has 3 N–H and O–H groups in total. The molecule has 9 nitrogen and oxygen atoms in total. The number of fused-ring (bicyclic) bond motifs is 1. The topological polar surface area (TPSA) is 108 Å². The van der Waals surface area contributed by atoms with E-state index in [1.54, 1.807) is 18.5 Å². The Kier molecular flexibility index (Phi) is 4.67. The van der Waals surface area contributed by atoms with Crippen LogP contribution in [0.2, 0.25) is 0 Å². The van der Waals surface area contributed by atoms with Crippen LogP contribution in [0, 0.1) is 0 Å². The third-order valence-corrected chi connectivity index (χ3v) is 3.30. The fourth-order valence-electron chi connectivity index (χ4n) is 2.20. The Labute approximate surface area is 127 Å². The normalized spacial score (nSPS) is 13.0. The lowest BCUT2D eigenvalue weighted by Gasteiger charge is -2.13. The molecular weight excluding hydrogens is 288 g/mol. The summed E-state index contributed by atoms with van der Waals surface area (Å²) in [6.07, 6.45) is -0.650. The number of aliphatic hydroxyl groups excluding tert-OH is 1. The summed E-state index contributed by atoms with van der Waals surface area (Å²) in [5.41, 5.74) is -0.456. The second kappa shape index (κ2) is 6.32. The van der Waals surface area contributed by atoms with Crippen LogP contribution in [0.4, 0.5) is 5.95 Å². The molecule has 122 valence electrons. The largest absolute Gasteiger partial charge is 0.392 e. The minimum absolute atomic E-state index is 0.210. The molecule has 0 aliphatic heterocycles. The maximum absolute atomic E-state index is 12.1. The van der Waals surface area contributed by atoms with Gasteiger partial charge in [-0.3, -0.25) is 14.3 Å². The summed E-state index contributed by atoms with van der Waals surface area (Å²) >= 11 is 0. The van der Waals surface area contributed by atoms with Crippen LogP contribution < -0.4 is 16.6 Å². The predicted octanol–water partition coefficient (Wildman–Crippen LogP) is -1.22. The fourth-order valence-corrected chi connectivity index (χ4v) is 2.20. The number of hydrogen-bond acceptors (Lipinski definition) is 6. The first-order chi connectivity index (χ1) is 10.3. The molecule has 0 saturated carbocycles. The van der Waals surface area contributed by atoms with Gasteiger partial charge in [0.25, 0.3) is 5.56 Å². The average molecular weight is 310 g/mol. The number of aryl methyl sites for hydroxylation is 1. The lowest BCUT2D eigenvalue weighted by molar-refractivity contribution is 0.175. The van der Waals surface area contributed by atoms with Gasteiger partial charge in [0.1, 0.15) is 0 Å². The number of aliphatic hydroxyl groups is 1. The highest BCUT2D eigenvalue weighted by molar-refractivity contribution is 5.74. The van der Waals surface area contributed by atoms with E-state index in [1.165, 1.54) is 4.57 Å². The van der Waals surface area contributed by atoms with Gasteiger partial charge in [0, 0.05) is 20.1 Å². The van der Waals surface area contributed by atoms with Gasteiger partial charge >= 0.3 is 5.69 Å². The smallest absolute Gasteiger partial charge is 0.329 e. The van der Waals surface area contributed by atoms with Gasteiger partial charge in [-0.05, 0) is 21.0 Å². The van der Waals surface area contributed by atoms with Crippen molar-refractivity contribution in [1.29, 1.82) is 0 Å². The van der Waals surface area contributed by atoms with Crippen LogP contribution in [0.15, 0.2) is 9.59 Å². The second-order valence-electron chi connectivity index (χ2n) is 5.62. The van der Waals surface area contributed by atoms with Crippen molar-refractivity contribution in [2.75, 3.05) is 32.5 Å². The number of nitrogens with one attached hydrogen (secondary N) is 2. The van der Waals surface area contributed by atoms with Crippen LogP contribution in [-0.4, -0.2) is 62.4 Å². The minimum Gasteiger partial charge on any atom is -0.392 e. The van der Waals surface area contributed by atoms with Crippen LogP contribution in [-0.2, 0) is 13.6 Å². The summed E-state index contributed by atoms with van der Waals surface area (Å²) in [5.74, 6) is 0.462. The summed E-state index contributed by atoms with van der Waals surface area (Å²) in [7, 11) is 5.45. The van der Waals surface area contributed by atoms with Crippen molar-refractivity contribution in [1.82, 2.24) is 24.0 Å². The van der Waals surface area contributed by atoms with Gasteiger partial charge in [0.05, 0.1) is 12.6 Å². The van der Waals surface area contributed by atoms with Gasteiger partial charge in [-0.1, -0.05) is 0 Å². The zero-order valence-corrected chi connectivity index (χ0v) is 13.3. The van der Waals surface area contributed by atoms with Crippen LogP contribution in [0.5, 0.6) is 0 Å². The number of nitrogens with zero attached hydrogens (tertiary/aromatic N) is 4. The Balaban J connectivity index is 2.54. The Morgan fingerprint density at radius 2 is 2.09 bits per heavy atom. The first kappa shape index (κ1) is 16.2. The summed E-state index contributed by atoms with van der Waals surface area (Å²) in [6, 6.07) is 0. The van der Waals surface area contributed by atoms with Crippen LogP contribution >= 0.6 is 0 Å². The Hall–Kier alpha value is -2.13. The van der Waals surface area contributed by atoms with Gasteiger partial charge in [0.2, 0.25) is 5.95 Å². The SMILES string of the molecule is C[C@H](O)Cn1c(NCCN(C)C)nc2c1c(=O)[nH]c(=O)n2C. The third-order valence-electron chi connectivity index (χ3n) is 3.30. The van der Waals surface area contributed by atoms with Crippen molar-refractivity contribution >= 4 is 17.1 Å². The van der Waals surface area contributed by atoms with Crippen molar-refractivity contribution < 1.29 is 5.11 Å². The van der Waals surface area contributed by atoms with E-state index in [-0.39, 0.29) is 12.1 Å². The minimum atomic E-state index is -0.650. The van der Waals surface area contributed by atoms with Crippen LogP contribution in [0.1, 0.15) is 6.92 Å². The molecule has 2 aromatic rings. The summed E-state index contributed by atoms with van der Waals surface area (Å²) in [6.45, 7) is 3.25. The van der Waals surface area contributed by atoms with E-state index in [0.29, 0.717) is 18.1 Å². The second-order valence-corrected chi connectivity index (χ2v) is 5.62. The van der Waals surface area contributed by atoms with E-state index in [2.05, 4.69) is 15.3 Å². The van der Waals surface area contributed by atoms with E-state index in [1.807, 2.05) is 19.0 Å². The fraction of sp³-hybridized carbons (Fsp3) is 0.615. The highest BCUT2D eigenvalue weighted by Crippen LogP contribution is 2.15. The number of rotatable bonds is 6. The molecule has 2 rings (SSSR count). The average Bonchev–Trinajstić information content (AvgIpc) is 2.74. The molecule has 22 heavy (non-hydrogen) atoms. The zero-order valence-electron chi connectivity index (χ0n) is 13.3. The van der Waals surface area contributed by atoms with Gasteiger partial charge in [-0.25, -0.2) is 4.79 Å². The molecule has 0 radical (unpaired) electrons. The molecule has 0 aliphatic carbocycles. The van der Waals surface area contributed by atoms with E-state index in [0.717, 1.165) is 6.54 Å². The summed E-state index contributed by atoms with van der Waals surface area (Å²) in [4.78, 5) is 32.4. The molecule has 2 aromatic heterocycles. The van der Waals surface area contributed by atoms with Crippen LogP contribution in [0.25, 0.3) is 11.2 Å². The first-order valence-corrected chi connectivity index (χ1v) is 7.07. The van der Waals surface area contributed by atoms with E-state index >= 15 is 0 Å². The number of hydrogen-bond donors (Lipinski definition) is 3. The van der Waals surface area contributed by atoms with E-state index in [9.17, 15) is 14.7 Å². The van der Waals surface area contributed by atoms with Crippen molar-refractivity contribution in [3.05, 3.63) is 20.8 Å². The number of anilines is 1. The molecule has 0 spiro atoms. The Bertz CT molecular complexity index is 770. The molecule has 0 amide bonds. The molecular formula is C13H22N6O3. The van der Waals surface area contributed by atoms with Gasteiger partial charge in [-0.15, -0.1) is 0 Å². The van der Waals surface area contributed by atoms with Gasteiger partial charge in [-0.2, -0.15) is 4.98 Å². The van der Waals surface area contributed by atoms with Gasteiger partial charge in [0.15, 0.2) is 11.2 Å². The molecule has 0 bridgehead atoms. The zero-order chi connectivity index (χ0) is 16.4. The quantitative estimate of drug-likeness (QED) is 0.617. The molecule has 0 fully saturated rings. The van der Waals surface area contributed by atoms with Crippen molar-refractivity contribution in [2.45, 2.75) is 19.6 Å². The molecule has 0 unspecified atom stereocenters. The highest BCUT2D eigenvalue weighted by Gasteiger charge is 2.18. The highest BCUT2D eigenvalue weighted by atomic mass is 16.3. The molecule has 0 saturated heterocycles. The number of aromatic nitrogens is 4. The number of imidazole rings is 1. The summed E-state index contributed by atoms with van der Waals surface area (Å²) in [5, 5.41) is 12.8. The van der Waals surface area contributed by atoms with E-state index in [4.69, 9.17) is 0 Å².